The molecule has 0 heterocycles. The molecule has 8 atom stereocenters. The van der Waals surface area contributed by atoms with Gasteiger partial charge in [-0.2, -0.15) is 0 Å². The van der Waals surface area contributed by atoms with Gasteiger partial charge in [0.2, 0.25) is 0 Å². The molecule has 0 N–H and O–H groups in total. The lowest BCUT2D eigenvalue weighted by atomic mass is 9.34. The first-order valence-electron chi connectivity index (χ1n) is 15.6. The number of carbonyl (C=O) groups excluding carboxylic acids is 3. The molecule has 5 nitrogen and oxygen atoms in total. The summed E-state index contributed by atoms with van der Waals surface area (Å²) in [5.74, 6) is 0.162. The second-order valence-electron chi connectivity index (χ2n) is 16.0. The molecule has 5 heteroatoms. The summed E-state index contributed by atoms with van der Waals surface area (Å²) in [7, 11) is 0. The molecule has 0 aromatic rings. The summed E-state index contributed by atoms with van der Waals surface area (Å²) in [5, 5.41) is 0. The predicted molar refractivity (Wildman–Crippen MR) is 152 cm³/mol. The highest BCUT2D eigenvalue weighted by Crippen LogP contribution is 2.75. The minimum Gasteiger partial charge on any atom is -0.466 e. The molecular formula is C34H52O5. The zero-order valence-electron chi connectivity index (χ0n) is 26.0. The van der Waals surface area contributed by atoms with Crippen LogP contribution in [0.1, 0.15) is 120 Å². The fraction of sp³-hybridized carbons (Fsp3) is 0.853. The maximum Gasteiger partial charge on any atom is 0.312 e. The fourth-order valence-electron chi connectivity index (χ4n) is 11.0. The number of fused-ring (bicyclic) bond motifs is 7. The van der Waals surface area contributed by atoms with Crippen molar-refractivity contribution in [1.29, 1.82) is 0 Å². The molecule has 218 valence electrons. The molecule has 0 aromatic heterocycles. The Bertz CT molecular complexity index is 1100. The molecular weight excluding hydrogens is 488 g/mol. The van der Waals surface area contributed by atoms with Crippen LogP contribution in [-0.4, -0.2) is 30.4 Å². The number of allylic oxidation sites excluding steroid dienone is 2. The molecule has 39 heavy (non-hydrogen) atoms. The Balaban J connectivity index is 1.60. The first kappa shape index (κ1) is 28.9. The number of ketones is 1. The Morgan fingerprint density at radius 2 is 1.59 bits per heavy atom. The molecule has 5 aliphatic carbocycles. The lowest BCUT2D eigenvalue weighted by molar-refractivity contribution is -0.198. The van der Waals surface area contributed by atoms with E-state index in [1.807, 2.05) is 6.92 Å². The van der Waals surface area contributed by atoms with Crippen molar-refractivity contribution in [3.63, 3.8) is 0 Å². The second kappa shape index (κ2) is 8.92. The number of ether oxygens (including phenoxy) is 2. The fourth-order valence-corrected chi connectivity index (χ4v) is 11.0. The molecule has 0 spiro atoms. The van der Waals surface area contributed by atoms with Gasteiger partial charge in [0.1, 0.15) is 6.10 Å². The monoisotopic (exact) mass is 540 g/mol. The third kappa shape index (κ3) is 3.86. The molecule has 8 unspecified atom stereocenters. The Kier molecular flexibility index (Phi) is 6.60. The van der Waals surface area contributed by atoms with Crippen molar-refractivity contribution < 1.29 is 23.9 Å². The summed E-state index contributed by atoms with van der Waals surface area (Å²) in [6, 6.07) is 0. The van der Waals surface area contributed by atoms with Gasteiger partial charge in [-0.15, -0.1) is 0 Å². The Hall–Kier alpha value is -1.65. The van der Waals surface area contributed by atoms with Crippen molar-refractivity contribution in [3.8, 4) is 0 Å². The normalized spacial score (nSPS) is 46.0. The first-order chi connectivity index (χ1) is 18.0. The molecule has 4 saturated carbocycles. The summed E-state index contributed by atoms with van der Waals surface area (Å²) >= 11 is 0. The van der Waals surface area contributed by atoms with Gasteiger partial charge in [-0.3, -0.25) is 14.4 Å². The molecule has 0 amide bonds. The van der Waals surface area contributed by atoms with Gasteiger partial charge in [0, 0.05) is 18.3 Å². The van der Waals surface area contributed by atoms with E-state index in [0.29, 0.717) is 12.5 Å². The maximum atomic E-state index is 14.5. The van der Waals surface area contributed by atoms with Gasteiger partial charge in [0.25, 0.3) is 0 Å². The van der Waals surface area contributed by atoms with Gasteiger partial charge in [-0.05, 0) is 104 Å². The van der Waals surface area contributed by atoms with Crippen molar-refractivity contribution in [1.82, 2.24) is 0 Å². The molecule has 4 fully saturated rings. The molecule has 0 bridgehead atoms. The highest BCUT2D eigenvalue weighted by molar-refractivity contribution is 5.96. The summed E-state index contributed by atoms with van der Waals surface area (Å²) in [6.07, 6.45) is 10.2. The smallest absolute Gasteiger partial charge is 0.312 e. The summed E-state index contributed by atoms with van der Waals surface area (Å²) in [5.41, 5.74) is 0.309. The van der Waals surface area contributed by atoms with Crippen LogP contribution in [-0.2, 0) is 23.9 Å². The van der Waals surface area contributed by atoms with E-state index < -0.39 is 5.41 Å². The van der Waals surface area contributed by atoms with E-state index in [1.54, 1.807) is 0 Å². The SMILES string of the molecule is CCOC(=O)C12CCC(C)(C)CC1C1C(=O)C=C3C4(C)CCC(OC(C)=O)C(C)(C)C4CCC3(C)C1(C)CC2. The molecule has 0 aromatic carbocycles. The number of esters is 2. The van der Waals surface area contributed by atoms with E-state index in [0.717, 1.165) is 57.8 Å². The van der Waals surface area contributed by atoms with E-state index >= 15 is 0 Å². The van der Waals surface area contributed by atoms with Gasteiger partial charge in [0.15, 0.2) is 5.78 Å². The van der Waals surface area contributed by atoms with Gasteiger partial charge >= 0.3 is 11.9 Å². The van der Waals surface area contributed by atoms with Gasteiger partial charge in [-0.25, -0.2) is 0 Å². The van der Waals surface area contributed by atoms with Gasteiger partial charge < -0.3 is 9.47 Å². The zero-order valence-corrected chi connectivity index (χ0v) is 26.0. The van der Waals surface area contributed by atoms with Gasteiger partial charge in [0.05, 0.1) is 12.0 Å². The van der Waals surface area contributed by atoms with Crippen LogP contribution in [0.2, 0.25) is 0 Å². The third-order valence-corrected chi connectivity index (χ3v) is 13.3. The van der Waals surface area contributed by atoms with Crippen molar-refractivity contribution in [2.45, 2.75) is 126 Å². The Morgan fingerprint density at radius 1 is 0.923 bits per heavy atom. The minimum atomic E-state index is -0.543. The van der Waals surface area contributed by atoms with Crippen molar-refractivity contribution in [3.05, 3.63) is 11.6 Å². The van der Waals surface area contributed by atoms with Crippen LogP contribution in [0.4, 0.5) is 0 Å². The van der Waals surface area contributed by atoms with Crippen LogP contribution in [0.3, 0.4) is 0 Å². The average Bonchev–Trinajstić information content (AvgIpc) is 2.82. The largest absolute Gasteiger partial charge is 0.466 e. The van der Waals surface area contributed by atoms with Crippen LogP contribution < -0.4 is 0 Å². The average molecular weight is 541 g/mol. The number of hydrogen-bond donors (Lipinski definition) is 0. The summed E-state index contributed by atoms with van der Waals surface area (Å²) in [6.45, 7) is 20.1. The van der Waals surface area contributed by atoms with E-state index in [4.69, 9.17) is 9.47 Å². The first-order valence-corrected chi connectivity index (χ1v) is 15.6. The van der Waals surface area contributed by atoms with Crippen LogP contribution in [0.15, 0.2) is 11.6 Å². The minimum absolute atomic E-state index is 0.0165. The topological polar surface area (TPSA) is 69.7 Å². The predicted octanol–water partition coefficient (Wildman–Crippen LogP) is 7.46. The summed E-state index contributed by atoms with van der Waals surface area (Å²) in [4.78, 5) is 40.1. The standard InChI is InChI=1S/C34H52O5/c1-10-38-28(37)34-17-15-29(3,4)20-22(34)27-23(36)19-25-31(7)13-12-26(39-21(2)35)30(5,6)24(31)11-14-32(25,8)33(27,9)16-18-34/h19,22,24,26-27H,10-18,20H2,1-9H3. The lowest BCUT2D eigenvalue weighted by Gasteiger charge is -2.70. The maximum absolute atomic E-state index is 14.5. The van der Waals surface area contributed by atoms with Crippen LogP contribution in [0.5, 0.6) is 0 Å². The molecule has 5 aliphatic rings. The quantitative estimate of drug-likeness (QED) is 0.348. The van der Waals surface area contributed by atoms with E-state index in [9.17, 15) is 14.4 Å². The van der Waals surface area contributed by atoms with Gasteiger partial charge in [-0.1, -0.05) is 54.0 Å². The van der Waals surface area contributed by atoms with Crippen molar-refractivity contribution in [2.24, 2.45) is 50.2 Å². The number of hydrogen-bond acceptors (Lipinski definition) is 5. The highest BCUT2D eigenvalue weighted by Gasteiger charge is 2.71. The molecule has 0 saturated heterocycles. The van der Waals surface area contributed by atoms with E-state index in [2.05, 4.69) is 54.5 Å². The van der Waals surface area contributed by atoms with Crippen LogP contribution >= 0.6 is 0 Å². The highest BCUT2D eigenvalue weighted by atomic mass is 16.5. The van der Waals surface area contributed by atoms with Crippen LogP contribution in [0, 0.1) is 50.2 Å². The van der Waals surface area contributed by atoms with Crippen molar-refractivity contribution >= 4 is 17.7 Å². The Morgan fingerprint density at radius 3 is 2.23 bits per heavy atom. The lowest BCUT2D eigenvalue weighted by Crippen LogP contribution is -2.66. The molecule has 5 rings (SSSR count). The van der Waals surface area contributed by atoms with Crippen LogP contribution in [0.25, 0.3) is 0 Å². The third-order valence-electron chi connectivity index (χ3n) is 13.3. The molecule has 0 radical (unpaired) electrons. The van der Waals surface area contributed by atoms with E-state index in [1.165, 1.54) is 12.5 Å². The van der Waals surface area contributed by atoms with E-state index in [-0.39, 0.29) is 62.7 Å². The number of carbonyl (C=O) groups is 3. The molecule has 0 aliphatic heterocycles. The zero-order chi connectivity index (χ0) is 28.8. The Labute approximate surface area is 236 Å². The number of rotatable bonds is 3. The van der Waals surface area contributed by atoms with Crippen molar-refractivity contribution in [2.75, 3.05) is 6.61 Å². The summed E-state index contributed by atoms with van der Waals surface area (Å²) < 4.78 is 11.6. The second-order valence-corrected chi connectivity index (χ2v) is 16.0.